The number of amides is 1. The summed E-state index contributed by atoms with van der Waals surface area (Å²) < 4.78 is 0. The quantitative estimate of drug-likeness (QED) is 0.551. The molecule has 0 N–H and O–H groups in total. The van der Waals surface area contributed by atoms with Gasteiger partial charge in [-0.05, 0) is 32.1 Å². The van der Waals surface area contributed by atoms with Gasteiger partial charge in [-0.3, -0.25) is 4.79 Å². The van der Waals surface area contributed by atoms with Crippen molar-refractivity contribution in [2.45, 2.75) is 44.9 Å². The smallest absolute Gasteiger partial charge is 0.222 e. The van der Waals surface area contributed by atoms with Gasteiger partial charge in [-0.15, -0.1) is 0 Å². The lowest BCUT2D eigenvalue weighted by Gasteiger charge is -2.26. The average molecular weight is 262 g/mol. The topological polar surface area (TPSA) is 20.3 Å². The molecule has 0 aromatic rings. The fourth-order valence-corrected chi connectivity index (χ4v) is 2.25. The van der Waals surface area contributed by atoms with E-state index >= 15 is 0 Å². The van der Waals surface area contributed by atoms with Crippen LogP contribution in [0.4, 0.5) is 0 Å². The Labute approximate surface area is 95.2 Å². The maximum Gasteiger partial charge on any atom is 0.222 e. The molecule has 0 aliphatic carbocycles. The molecule has 82 valence electrons. The average Bonchev–Trinajstić information content (AvgIpc) is 2.25. The van der Waals surface area contributed by atoms with Gasteiger partial charge in [-0.2, -0.15) is 0 Å². The van der Waals surface area contributed by atoms with Crippen molar-refractivity contribution in [3.8, 4) is 0 Å². The number of carbonyl (C=O) groups is 1. The monoisotopic (exact) mass is 261 g/mol. The van der Waals surface area contributed by atoms with Crippen LogP contribution in [0, 0.1) is 0 Å². The molecule has 3 heteroatoms. The fourth-order valence-electron chi connectivity index (χ4n) is 1.85. The van der Waals surface area contributed by atoms with Gasteiger partial charge in [0.05, 0.1) is 0 Å². The number of halogens is 1. The summed E-state index contributed by atoms with van der Waals surface area (Å²) in [6.07, 6.45) is 7.87. The first-order valence-corrected chi connectivity index (χ1v) is 6.80. The van der Waals surface area contributed by atoms with Crippen molar-refractivity contribution in [3.63, 3.8) is 0 Å². The number of hydrogen-bond donors (Lipinski definition) is 0. The molecule has 0 atom stereocenters. The molecule has 1 saturated heterocycles. The molecule has 0 saturated carbocycles. The Kier molecular flexibility index (Phi) is 6.24. The van der Waals surface area contributed by atoms with Crippen LogP contribution >= 0.6 is 15.9 Å². The highest BCUT2D eigenvalue weighted by Gasteiger charge is 2.15. The Morgan fingerprint density at radius 2 is 1.79 bits per heavy atom. The summed E-state index contributed by atoms with van der Waals surface area (Å²) in [6, 6.07) is 0. The van der Waals surface area contributed by atoms with Crippen LogP contribution in [0.2, 0.25) is 0 Å². The van der Waals surface area contributed by atoms with E-state index < -0.39 is 0 Å². The normalized spacial score (nSPS) is 17.1. The van der Waals surface area contributed by atoms with Crippen molar-refractivity contribution < 1.29 is 4.79 Å². The Morgan fingerprint density at radius 1 is 1.07 bits per heavy atom. The van der Waals surface area contributed by atoms with Crippen molar-refractivity contribution in [1.82, 2.24) is 4.90 Å². The highest BCUT2D eigenvalue weighted by Crippen LogP contribution is 2.11. The minimum absolute atomic E-state index is 0.374. The summed E-state index contributed by atoms with van der Waals surface area (Å²) in [5.41, 5.74) is 0. The fraction of sp³-hybridized carbons (Fsp3) is 0.909. The van der Waals surface area contributed by atoms with Gasteiger partial charge in [0.25, 0.3) is 0 Å². The van der Waals surface area contributed by atoms with Crippen LogP contribution in [0.5, 0.6) is 0 Å². The first-order valence-electron chi connectivity index (χ1n) is 5.68. The van der Waals surface area contributed by atoms with Crippen molar-refractivity contribution in [1.29, 1.82) is 0 Å². The number of unbranched alkanes of at least 4 members (excludes halogenated alkanes) is 2. The number of nitrogens with zero attached hydrogens (tertiary/aromatic N) is 1. The maximum absolute atomic E-state index is 11.7. The molecule has 0 aromatic heterocycles. The molecule has 2 nitrogen and oxygen atoms in total. The second-order valence-electron chi connectivity index (χ2n) is 3.94. The van der Waals surface area contributed by atoms with E-state index in [-0.39, 0.29) is 0 Å². The zero-order valence-corrected chi connectivity index (χ0v) is 10.4. The predicted octanol–water partition coefficient (Wildman–Crippen LogP) is 2.95. The van der Waals surface area contributed by atoms with Crippen LogP contribution in [0.15, 0.2) is 0 Å². The Morgan fingerprint density at radius 3 is 2.43 bits per heavy atom. The van der Waals surface area contributed by atoms with Gasteiger partial charge in [-0.25, -0.2) is 0 Å². The highest BCUT2D eigenvalue weighted by molar-refractivity contribution is 9.09. The van der Waals surface area contributed by atoms with Crippen molar-refractivity contribution in [3.05, 3.63) is 0 Å². The summed E-state index contributed by atoms with van der Waals surface area (Å²) in [5.74, 6) is 0.374. The lowest BCUT2D eigenvalue weighted by Crippen LogP contribution is -2.35. The van der Waals surface area contributed by atoms with E-state index in [1.807, 2.05) is 4.90 Å². The molecule has 1 heterocycles. The summed E-state index contributed by atoms with van der Waals surface area (Å²) >= 11 is 3.40. The number of piperidine rings is 1. The number of hydrogen-bond acceptors (Lipinski definition) is 1. The lowest BCUT2D eigenvalue weighted by atomic mass is 10.1. The van der Waals surface area contributed by atoms with Crippen molar-refractivity contribution in [2.24, 2.45) is 0 Å². The van der Waals surface area contributed by atoms with Crippen molar-refractivity contribution >= 4 is 21.8 Å². The third-order valence-electron chi connectivity index (χ3n) is 2.73. The zero-order chi connectivity index (χ0) is 10.2. The minimum atomic E-state index is 0.374. The van der Waals surface area contributed by atoms with Gasteiger partial charge < -0.3 is 4.90 Å². The maximum atomic E-state index is 11.7. The molecule has 0 aromatic carbocycles. The van der Waals surface area contributed by atoms with Gasteiger partial charge >= 0.3 is 0 Å². The van der Waals surface area contributed by atoms with Crippen LogP contribution < -0.4 is 0 Å². The van der Waals surface area contributed by atoms with Crippen LogP contribution in [0.25, 0.3) is 0 Å². The summed E-state index contributed by atoms with van der Waals surface area (Å²) in [4.78, 5) is 13.7. The van der Waals surface area contributed by atoms with Gasteiger partial charge in [0.2, 0.25) is 5.91 Å². The van der Waals surface area contributed by atoms with E-state index in [9.17, 15) is 4.79 Å². The zero-order valence-electron chi connectivity index (χ0n) is 8.80. The van der Waals surface area contributed by atoms with Crippen LogP contribution in [-0.4, -0.2) is 29.2 Å². The second kappa shape index (κ2) is 7.27. The Balaban J connectivity index is 2.07. The third kappa shape index (κ3) is 4.45. The highest BCUT2D eigenvalue weighted by atomic mass is 79.9. The lowest BCUT2D eigenvalue weighted by molar-refractivity contribution is -0.132. The van der Waals surface area contributed by atoms with Gasteiger partial charge in [-0.1, -0.05) is 22.4 Å². The molecular formula is C11H20BrNO. The molecule has 0 bridgehead atoms. The molecule has 0 radical (unpaired) electrons. The number of carbonyl (C=O) groups excluding carboxylic acids is 1. The SMILES string of the molecule is O=C(CCCCCBr)N1CCCCC1. The first-order chi connectivity index (χ1) is 6.84. The van der Waals surface area contributed by atoms with E-state index in [1.54, 1.807) is 0 Å². The van der Waals surface area contributed by atoms with E-state index in [0.29, 0.717) is 5.91 Å². The third-order valence-corrected chi connectivity index (χ3v) is 3.29. The summed E-state index contributed by atoms with van der Waals surface area (Å²) in [7, 11) is 0. The molecule has 14 heavy (non-hydrogen) atoms. The Bertz CT molecular complexity index is 167. The molecule has 1 fully saturated rings. The van der Waals surface area contributed by atoms with Crippen molar-refractivity contribution in [2.75, 3.05) is 18.4 Å². The molecule has 1 aliphatic heterocycles. The van der Waals surface area contributed by atoms with Gasteiger partial charge in [0.1, 0.15) is 0 Å². The standard InChI is InChI=1S/C11H20BrNO/c12-8-4-1-3-7-11(14)13-9-5-2-6-10-13/h1-10H2. The molecule has 0 unspecified atom stereocenters. The minimum Gasteiger partial charge on any atom is -0.343 e. The largest absolute Gasteiger partial charge is 0.343 e. The van der Waals surface area contributed by atoms with Gasteiger partial charge in [0, 0.05) is 24.8 Å². The molecule has 1 rings (SSSR count). The Hall–Kier alpha value is -0.0500. The van der Waals surface area contributed by atoms with E-state index in [1.165, 1.54) is 32.1 Å². The molecule has 1 aliphatic rings. The second-order valence-corrected chi connectivity index (χ2v) is 4.73. The van der Waals surface area contributed by atoms with Crippen LogP contribution in [-0.2, 0) is 4.79 Å². The summed E-state index contributed by atoms with van der Waals surface area (Å²) in [5, 5.41) is 1.06. The molecule has 0 spiro atoms. The van der Waals surface area contributed by atoms with Crippen LogP contribution in [0.1, 0.15) is 44.9 Å². The van der Waals surface area contributed by atoms with E-state index in [4.69, 9.17) is 0 Å². The number of likely N-dealkylation sites (tertiary alicyclic amines) is 1. The number of rotatable bonds is 5. The molecular weight excluding hydrogens is 242 g/mol. The van der Waals surface area contributed by atoms with Crippen LogP contribution in [0.3, 0.4) is 0 Å². The first kappa shape index (κ1) is 12.0. The summed E-state index contributed by atoms with van der Waals surface area (Å²) in [6.45, 7) is 1.99. The van der Waals surface area contributed by atoms with Gasteiger partial charge in [0.15, 0.2) is 0 Å². The number of alkyl halides is 1. The predicted molar refractivity (Wildman–Crippen MR) is 62.7 cm³/mol. The van der Waals surface area contributed by atoms with E-state index in [0.717, 1.165) is 31.3 Å². The van der Waals surface area contributed by atoms with E-state index in [2.05, 4.69) is 15.9 Å². The molecule has 1 amide bonds.